The zero-order valence-corrected chi connectivity index (χ0v) is 14.0. The Bertz CT molecular complexity index is 606. The SMILES string of the molecule is O=C(NC1CCN(C(=O)C2CCCO2)CC1)c1c(F)cccc1Cl. The molecular weight excluding hydrogens is 335 g/mol. The number of carbonyl (C=O) groups excluding carboxylic acids is 2. The molecule has 2 amide bonds. The molecular formula is C17H20ClFN2O3. The van der Waals surface area contributed by atoms with Gasteiger partial charge in [-0.3, -0.25) is 9.59 Å². The van der Waals surface area contributed by atoms with Crippen LogP contribution >= 0.6 is 11.6 Å². The summed E-state index contributed by atoms with van der Waals surface area (Å²) in [5, 5.41) is 2.91. The molecule has 2 aliphatic heterocycles. The molecule has 1 atom stereocenters. The first-order valence-electron chi connectivity index (χ1n) is 8.21. The summed E-state index contributed by atoms with van der Waals surface area (Å²) in [4.78, 5) is 26.3. The lowest BCUT2D eigenvalue weighted by Gasteiger charge is -2.33. The molecule has 0 saturated carbocycles. The van der Waals surface area contributed by atoms with Crippen LogP contribution in [-0.2, 0) is 9.53 Å². The highest BCUT2D eigenvalue weighted by atomic mass is 35.5. The molecule has 2 fully saturated rings. The van der Waals surface area contributed by atoms with Crippen molar-refractivity contribution >= 4 is 23.4 Å². The number of piperidine rings is 1. The maximum atomic E-state index is 13.8. The van der Waals surface area contributed by atoms with Gasteiger partial charge in [-0.25, -0.2) is 4.39 Å². The number of likely N-dealkylation sites (tertiary alicyclic amines) is 1. The van der Waals surface area contributed by atoms with Crippen molar-refractivity contribution in [3.8, 4) is 0 Å². The van der Waals surface area contributed by atoms with Crippen LogP contribution in [0.2, 0.25) is 5.02 Å². The topological polar surface area (TPSA) is 58.6 Å². The van der Waals surface area contributed by atoms with E-state index in [1.807, 2.05) is 0 Å². The molecule has 1 aromatic carbocycles. The van der Waals surface area contributed by atoms with Crippen molar-refractivity contribution in [2.24, 2.45) is 0 Å². The van der Waals surface area contributed by atoms with Crippen molar-refractivity contribution in [2.45, 2.75) is 37.8 Å². The summed E-state index contributed by atoms with van der Waals surface area (Å²) in [5.41, 5.74) is -0.128. The lowest BCUT2D eigenvalue weighted by molar-refractivity contribution is -0.142. The van der Waals surface area contributed by atoms with Gasteiger partial charge in [-0.15, -0.1) is 0 Å². The van der Waals surface area contributed by atoms with E-state index in [1.165, 1.54) is 18.2 Å². The second-order valence-corrected chi connectivity index (χ2v) is 6.58. The van der Waals surface area contributed by atoms with Gasteiger partial charge in [0.25, 0.3) is 11.8 Å². The summed E-state index contributed by atoms with van der Waals surface area (Å²) < 4.78 is 19.2. The molecule has 1 N–H and O–H groups in total. The van der Waals surface area contributed by atoms with Gasteiger partial charge in [-0.2, -0.15) is 0 Å². The summed E-state index contributed by atoms with van der Waals surface area (Å²) in [7, 11) is 0. The van der Waals surface area contributed by atoms with Crippen molar-refractivity contribution in [1.29, 1.82) is 0 Å². The number of hydrogen-bond acceptors (Lipinski definition) is 3. The zero-order valence-electron chi connectivity index (χ0n) is 13.3. The van der Waals surface area contributed by atoms with E-state index in [0.29, 0.717) is 32.5 Å². The van der Waals surface area contributed by atoms with Crippen molar-refractivity contribution in [1.82, 2.24) is 10.2 Å². The second-order valence-electron chi connectivity index (χ2n) is 6.17. The van der Waals surface area contributed by atoms with E-state index >= 15 is 0 Å². The van der Waals surface area contributed by atoms with Crippen molar-refractivity contribution < 1.29 is 18.7 Å². The van der Waals surface area contributed by atoms with E-state index in [9.17, 15) is 14.0 Å². The first-order valence-corrected chi connectivity index (χ1v) is 8.59. The predicted molar refractivity (Wildman–Crippen MR) is 87.5 cm³/mol. The molecule has 2 aliphatic rings. The molecule has 24 heavy (non-hydrogen) atoms. The van der Waals surface area contributed by atoms with E-state index in [0.717, 1.165) is 12.8 Å². The Labute approximate surface area is 145 Å². The average Bonchev–Trinajstić information content (AvgIpc) is 3.09. The molecule has 0 bridgehead atoms. The smallest absolute Gasteiger partial charge is 0.255 e. The van der Waals surface area contributed by atoms with Gasteiger partial charge in [0.1, 0.15) is 11.9 Å². The van der Waals surface area contributed by atoms with E-state index in [4.69, 9.17) is 16.3 Å². The molecule has 130 valence electrons. The molecule has 1 unspecified atom stereocenters. The van der Waals surface area contributed by atoms with E-state index in [2.05, 4.69) is 5.32 Å². The van der Waals surface area contributed by atoms with Gasteiger partial charge in [0.05, 0.1) is 10.6 Å². The van der Waals surface area contributed by atoms with Crippen LogP contribution in [0, 0.1) is 5.82 Å². The summed E-state index contributed by atoms with van der Waals surface area (Å²) in [6, 6.07) is 4.07. The maximum Gasteiger partial charge on any atom is 0.255 e. The maximum absolute atomic E-state index is 13.8. The standard InChI is InChI=1S/C17H20ClFN2O3/c18-12-3-1-4-13(19)15(12)16(22)20-11-6-8-21(9-7-11)17(23)14-5-2-10-24-14/h1,3-4,11,14H,2,5-10H2,(H,20,22). The van der Waals surface area contributed by atoms with Gasteiger partial charge in [0, 0.05) is 25.7 Å². The quantitative estimate of drug-likeness (QED) is 0.906. The fourth-order valence-corrected chi connectivity index (χ4v) is 3.44. The minimum absolute atomic E-state index is 0.0365. The Morgan fingerprint density at radius 3 is 2.62 bits per heavy atom. The number of amides is 2. The third kappa shape index (κ3) is 3.70. The van der Waals surface area contributed by atoms with Gasteiger partial charge in [0.2, 0.25) is 0 Å². The van der Waals surface area contributed by atoms with Crippen molar-refractivity contribution in [2.75, 3.05) is 19.7 Å². The summed E-state index contributed by atoms with van der Waals surface area (Å²) in [5.74, 6) is -1.11. The van der Waals surface area contributed by atoms with E-state index in [-0.39, 0.29) is 28.6 Å². The molecule has 2 heterocycles. The average molecular weight is 355 g/mol. The first-order chi connectivity index (χ1) is 11.6. The number of nitrogens with zero attached hydrogens (tertiary/aromatic N) is 1. The van der Waals surface area contributed by atoms with Crippen molar-refractivity contribution in [3.63, 3.8) is 0 Å². The lowest BCUT2D eigenvalue weighted by atomic mass is 10.0. The molecule has 7 heteroatoms. The largest absolute Gasteiger partial charge is 0.368 e. The number of rotatable bonds is 3. The van der Waals surface area contributed by atoms with E-state index < -0.39 is 11.7 Å². The predicted octanol–water partition coefficient (Wildman–Crippen LogP) is 2.38. The molecule has 2 saturated heterocycles. The molecule has 0 aliphatic carbocycles. The number of nitrogens with one attached hydrogen (secondary N) is 1. The van der Waals surface area contributed by atoms with Gasteiger partial charge in [0.15, 0.2) is 0 Å². The van der Waals surface area contributed by atoms with Crippen LogP contribution < -0.4 is 5.32 Å². The van der Waals surface area contributed by atoms with Crippen LogP contribution in [0.5, 0.6) is 0 Å². The Balaban J connectivity index is 1.53. The number of halogens is 2. The molecule has 1 aromatic rings. The van der Waals surface area contributed by atoms with Gasteiger partial charge in [-0.1, -0.05) is 17.7 Å². The van der Waals surface area contributed by atoms with Gasteiger partial charge >= 0.3 is 0 Å². The number of benzene rings is 1. The highest BCUT2D eigenvalue weighted by Gasteiger charge is 2.31. The minimum atomic E-state index is -0.633. The monoisotopic (exact) mass is 354 g/mol. The van der Waals surface area contributed by atoms with Crippen LogP contribution in [0.15, 0.2) is 18.2 Å². The Kier molecular flexibility index (Phi) is 5.36. The highest BCUT2D eigenvalue weighted by Crippen LogP contribution is 2.21. The number of ether oxygens (including phenoxy) is 1. The molecule has 0 aromatic heterocycles. The third-order valence-corrected chi connectivity index (χ3v) is 4.85. The van der Waals surface area contributed by atoms with Crippen LogP contribution in [0.25, 0.3) is 0 Å². The lowest BCUT2D eigenvalue weighted by Crippen LogP contribution is -2.49. The van der Waals surface area contributed by atoms with Crippen LogP contribution in [-0.4, -0.2) is 48.6 Å². The summed E-state index contributed by atoms with van der Waals surface area (Å²) >= 11 is 5.91. The van der Waals surface area contributed by atoms with Crippen LogP contribution in [0.3, 0.4) is 0 Å². The zero-order chi connectivity index (χ0) is 17.1. The fraction of sp³-hybridized carbons (Fsp3) is 0.529. The minimum Gasteiger partial charge on any atom is -0.368 e. The Hall–Kier alpha value is -1.66. The summed E-state index contributed by atoms with van der Waals surface area (Å²) in [6.45, 7) is 1.77. The molecule has 5 nitrogen and oxygen atoms in total. The fourth-order valence-electron chi connectivity index (χ4n) is 3.19. The molecule has 3 rings (SSSR count). The summed E-state index contributed by atoms with van der Waals surface area (Å²) in [6.07, 6.45) is 2.66. The number of hydrogen-bond donors (Lipinski definition) is 1. The third-order valence-electron chi connectivity index (χ3n) is 4.54. The Morgan fingerprint density at radius 1 is 1.25 bits per heavy atom. The highest BCUT2D eigenvalue weighted by molar-refractivity contribution is 6.33. The van der Waals surface area contributed by atoms with Gasteiger partial charge < -0.3 is 15.0 Å². The van der Waals surface area contributed by atoms with Gasteiger partial charge in [-0.05, 0) is 37.8 Å². The number of carbonyl (C=O) groups is 2. The molecule has 0 radical (unpaired) electrons. The Morgan fingerprint density at radius 2 is 2.00 bits per heavy atom. The van der Waals surface area contributed by atoms with E-state index in [1.54, 1.807) is 4.90 Å². The second kappa shape index (κ2) is 7.49. The normalized spacial score (nSPS) is 21.8. The van der Waals surface area contributed by atoms with Crippen molar-refractivity contribution in [3.05, 3.63) is 34.6 Å². The van der Waals surface area contributed by atoms with Crippen LogP contribution in [0.1, 0.15) is 36.0 Å². The first kappa shape index (κ1) is 17.2. The van der Waals surface area contributed by atoms with Crippen LogP contribution in [0.4, 0.5) is 4.39 Å². The molecule has 0 spiro atoms.